The van der Waals surface area contributed by atoms with Crippen molar-refractivity contribution in [2.45, 2.75) is 12.5 Å². The van der Waals surface area contributed by atoms with Gasteiger partial charge in [-0.25, -0.2) is 0 Å². The van der Waals surface area contributed by atoms with Crippen LogP contribution in [-0.4, -0.2) is 47.1 Å². The molecule has 0 aromatic heterocycles. The number of rotatable bonds is 3. The number of β-amino-alcohol motifs (C(OH)–C–C–N with tert-alkyl or cyclic N) is 1. The Balaban J connectivity index is 2.11. The molecule has 0 spiro atoms. The summed E-state index contributed by atoms with van der Waals surface area (Å²) in [5.41, 5.74) is 0. The van der Waals surface area contributed by atoms with Crippen LogP contribution < -0.4 is 0 Å². The van der Waals surface area contributed by atoms with Crippen LogP contribution in [0.1, 0.15) is 6.42 Å². The zero-order valence-corrected chi connectivity index (χ0v) is 7.43. The van der Waals surface area contributed by atoms with Crippen molar-refractivity contribution in [3.05, 3.63) is 0 Å². The van der Waals surface area contributed by atoms with Crippen molar-refractivity contribution >= 4 is 17.7 Å². The topological polar surface area (TPSA) is 40.5 Å². The molecule has 0 bridgehead atoms. The smallest absolute Gasteiger partial charge is 0.223 e. The Labute approximate surface area is 70.8 Å². The van der Waals surface area contributed by atoms with Crippen molar-refractivity contribution in [3.8, 4) is 0 Å². The van der Waals surface area contributed by atoms with Crippen LogP contribution in [0.5, 0.6) is 0 Å². The van der Waals surface area contributed by atoms with E-state index in [-0.39, 0.29) is 12.0 Å². The number of nitrogens with zero attached hydrogens (tertiary/aromatic N) is 1. The predicted octanol–water partition coefficient (Wildman–Crippen LogP) is -0.0574. The fourth-order valence-electron chi connectivity index (χ4n) is 1.01. The van der Waals surface area contributed by atoms with Gasteiger partial charge < -0.3 is 10.0 Å². The van der Waals surface area contributed by atoms with Crippen LogP contribution in [0.2, 0.25) is 0 Å². The van der Waals surface area contributed by atoms with Gasteiger partial charge in [-0.3, -0.25) is 4.79 Å². The number of thioether (sulfide) groups is 1. The Kier molecular flexibility index (Phi) is 3.20. The first-order valence-electron chi connectivity index (χ1n) is 3.69. The number of aliphatic hydroxyl groups excluding tert-OH is 1. The standard InChI is InChI=1S/C7H13NO2S/c1-11-3-2-7(10)8-4-6(9)5-8/h6,9H,2-5H2,1H3. The quantitative estimate of drug-likeness (QED) is 0.653. The van der Waals surface area contributed by atoms with Gasteiger partial charge in [0.1, 0.15) is 0 Å². The maximum atomic E-state index is 11.1. The summed E-state index contributed by atoms with van der Waals surface area (Å²) in [6.45, 7) is 1.07. The first-order valence-corrected chi connectivity index (χ1v) is 5.08. The minimum Gasteiger partial charge on any atom is -0.389 e. The largest absolute Gasteiger partial charge is 0.389 e. The number of carbonyl (C=O) groups excluding carboxylic acids is 1. The van der Waals surface area contributed by atoms with Gasteiger partial charge in [0.15, 0.2) is 0 Å². The van der Waals surface area contributed by atoms with Gasteiger partial charge in [-0.15, -0.1) is 0 Å². The van der Waals surface area contributed by atoms with Gasteiger partial charge in [0.2, 0.25) is 5.91 Å². The van der Waals surface area contributed by atoms with Gasteiger partial charge in [-0.05, 0) is 6.26 Å². The molecule has 0 radical (unpaired) electrons. The van der Waals surface area contributed by atoms with Crippen molar-refractivity contribution in [2.24, 2.45) is 0 Å². The van der Waals surface area contributed by atoms with Crippen molar-refractivity contribution < 1.29 is 9.90 Å². The number of hydrogen-bond donors (Lipinski definition) is 1. The van der Waals surface area contributed by atoms with Crippen molar-refractivity contribution in [2.75, 3.05) is 25.1 Å². The Bertz CT molecular complexity index is 145. The molecule has 0 aliphatic carbocycles. The van der Waals surface area contributed by atoms with Crippen LogP contribution in [0.3, 0.4) is 0 Å². The van der Waals surface area contributed by atoms with Crippen molar-refractivity contribution in [1.82, 2.24) is 4.90 Å². The number of amides is 1. The van der Waals surface area contributed by atoms with E-state index in [0.29, 0.717) is 19.5 Å². The van der Waals surface area contributed by atoms with Gasteiger partial charge >= 0.3 is 0 Å². The lowest BCUT2D eigenvalue weighted by molar-refractivity contribution is -0.140. The summed E-state index contributed by atoms with van der Waals surface area (Å²) in [5, 5.41) is 8.89. The summed E-state index contributed by atoms with van der Waals surface area (Å²) < 4.78 is 0. The highest BCUT2D eigenvalue weighted by Gasteiger charge is 2.27. The van der Waals surface area contributed by atoms with Crippen LogP contribution in [0.25, 0.3) is 0 Å². The van der Waals surface area contributed by atoms with E-state index in [1.807, 2.05) is 6.26 Å². The maximum Gasteiger partial charge on any atom is 0.223 e. The second kappa shape index (κ2) is 3.97. The molecule has 3 nitrogen and oxygen atoms in total. The van der Waals surface area contributed by atoms with Crippen LogP contribution >= 0.6 is 11.8 Å². The van der Waals surface area contributed by atoms with Crippen LogP contribution in [0.4, 0.5) is 0 Å². The summed E-state index contributed by atoms with van der Waals surface area (Å²) in [6, 6.07) is 0. The molecule has 0 atom stereocenters. The fourth-order valence-corrected chi connectivity index (χ4v) is 1.39. The molecule has 0 saturated carbocycles. The lowest BCUT2D eigenvalue weighted by Crippen LogP contribution is -2.53. The van der Waals surface area contributed by atoms with Crippen LogP contribution in [0, 0.1) is 0 Å². The minimum absolute atomic E-state index is 0.171. The van der Waals surface area contributed by atoms with Gasteiger partial charge in [0.05, 0.1) is 6.10 Å². The third-order valence-corrected chi connectivity index (χ3v) is 2.35. The van der Waals surface area contributed by atoms with Crippen LogP contribution in [-0.2, 0) is 4.79 Å². The lowest BCUT2D eigenvalue weighted by Gasteiger charge is -2.35. The predicted molar refractivity (Wildman–Crippen MR) is 45.6 cm³/mol. The fraction of sp³-hybridized carbons (Fsp3) is 0.857. The molecule has 1 amide bonds. The first kappa shape index (κ1) is 8.87. The van der Waals surface area contributed by atoms with E-state index in [0.717, 1.165) is 5.75 Å². The van der Waals surface area contributed by atoms with E-state index in [9.17, 15) is 4.79 Å². The van der Waals surface area contributed by atoms with E-state index in [4.69, 9.17) is 5.11 Å². The molecular weight excluding hydrogens is 162 g/mol. The van der Waals surface area contributed by atoms with Gasteiger partial charge in [0.25, 0.3) is 0 Å². The van der Waals surface area contributed by atoms with Gasteiger partial charge in [-0.1, -0.05) is 0 Å². The number of aliphatic hydroxyl groups is 1. The van der Waals surface area contributed by atoms with E-state index < -0.39 is 0 Å². The molecule has 1 aliphatic rings. The average Bonchev–Trinajstić information content (AvgIpc) is 1.94. The molecule has 1 rings (SSSR count). The summed E-state index contributed by atoms with van der Waals surface area (Å²) >= 11 is 1.67. The Morgan fingerprint density at radius 1 is 1.73 bits per heavy atom. The number of hydrogen-bond acceptors (Lipinski definition) is 3. The Hall–Kier alpha value is -0.220. The molecule has 1 heterocycles. The molecule has 0 aromatic rings. The minimum atomic E-state index is -0.270. The first-order chi connectivity index (χ1) is 5.24. The summed E-state index contributed by atoms with van der Waals surface area (Å²) in [7, 11) is 0. The Morgan fingerprint density at radius 2 is 2.36 bits per heavy atom. The van der Waals surface area contributed by atoms with Crippen LogP contribution in [0.15, 0.2) is 0 Å². The second-order valence-electron chi connectivity index (χ2n) is 2.70. The molecule has 1 N–H and O–H groups in total. The molecule has 64 valence electrons. The third kappa shape index (κ3) is 2.38. The summed E-state index contributed by atoms with van der Waals surface area (Å²) in [5.74, 6) is 1.05. The highest BCUT2D eigenvalue weighted by molar-refractivity contribution is 7.98. The van der Waals surface area contributed by atoms with Gasteiger partial charge in [0, 0.05) is 25.3 Å². The zero-order valence-electron chi connectivity index (χ0n) is 6.62. The number of carbonyl (C=O) groups is 1. The van der Waals surface area contributed by atoms with E-state index >= 15 is 0 Å². The molecule has 4 heteroatoms. The number of likely N-dealkylation sites (tertiary alicyclic amines) is 1. The normalized spacial score (nSPS) is 18.2. The monoisotopic (exact) mass is 175 g/mol. The average molecular weight is 175 g/mol. The molecule has 11 heavy (non-hydrogen) atoms. The molecular formula is C7H13NO2S. The van der Waals surface area contributed by atoms with E-state index in [2.05, 4.69) is 0 Å². The highest BCUT2D eigenvalue weighted by atomic mass is 32.2. The summed E-state index contributed by atoms with van der Waals surface area (Å²) in [4.78, 5) is 12.8. The second-order valence-corrected chi connectivity index (χ2v) is 3.68. The van der Waals surface area contributed by atoms with Crippen molar-refractivity contribution in [1.29, 1.82) is 0 Å². The van der Waals surface area contributed by atoms with E-state index in [1.54, 1.807) is 16.7 Å². The molecule has 1 saturated heterocycles. The third-order valence-electron chi connectivity index (χ3n) is 1.74. The van der Waals surface area contributed by atoms with Crippen molar-refractivity contribution in [3.63, 3.8) is 0 Å². The zero-order chi connectivity index (χ0) is 8.27. The molecule has 1 aliphatic heterocycles. The Morgan fingerprint density at radius 3 is 2.82 bits per heavy atom. The maximum absolute atomic E-state index is 11.1. The molecule has 0 unspecified atom stereocenters. The molecule has 0 aromatic carbocycles. The van der Waals surface area contributed by atoms with E-state index in [1.165, 1.54) is 0 Å². The SMILES string of the molecule is CSCCC(=O)N1CC(O)C1. The molecule has 1 fully saturated rings. The highest BCUT2D eigenvalue weighted by Crippen LogP contribution is 2.09. The lowest BCUT2D eigenvalue weighted by atomic mass is 10.1. The summed E-state index contributed by atoms with van der Waals surface area (Å²) in [6.07, 6.45) is 2.32. The van der Waals surface area contributed by atoms with Gasteiger partial charge in [-0.2, -0.15) is 11.8 Å².